The fourth-order valence-electron chi connectivity index (χ4n) is 2.11. The van der Waals surface area contributed by atoms with E-state index < -0.39 is 26.6 Å². The molecule has 2 N–H and O–H groups in total. The maximum atomic E-state index is 13.9. The molecule has 8 heteroatoms. The number of nitrogens with zero attached hydrogens (tertiary/aromatic N) is 1. The number of carbonyl (C=O) groups is 1. The summed E-state index contributed by atoms with van der Waals surface area (Å²) in [4.78, 5) is 15.7. The van der Waals surface area contributed by atoms with Crippen molar-refractivity contribution in [2.45, 2.75) is 30.3 Å². The maximum absolute atomic E-state index is 13.9. The van der Waals surface area contributed by atoms with Crippen molar-refractivity contribution in [2.75, 3.05) is 0 Å². The van der Waals surface area contributed by atoms with E-state index in [1.54, 1.807) is 24.4 Å². The van der Waals surface area contributed by atoms with Crippen molar-refractivity contribution < 1.29 is 17.6 Å². The van der Waals surface area contributed by atoms with Gasteiger partial charge in [0, 0.05) is 17.8 Å². The number of nitrogens with one attached hydrogen (secondary N) is 2. The number of halogens is 1. The molecular weight excluding hydrogens is 333 g/mol. The molecule has 0 bridgehead atoms. The number of benzene rings is 1. The number of aromatic nitrogens is 1. The fourth-order valence-corrected chi connectivity index (χ4v) is 3.52. The van der Waals surface area contributed by atoms with Gasteiger partial charge in [-0.15, -0.1) is 0 Å². The van der Waals surface area contributed by atoms with Gasteiger partial charge in [0.25, 0.3) is 5.91 Å². The van der Waals surface area contributed by atoms with E-state index >= 15 is 0 Å². The third kappa shape index (κ3) is 3.95. The molecule has 1 aromatic heterocycles. The molecule has 1 aliphatic rings. The average Bonchev–Trinajstić information content (AvgIpc) is 3.37. The van der Waals surface area contributed by atoms with Crippen LogP contribution in [-0.4, -0.2) is 25.4 Å². The molecule has 0 saturated heterocycles. The zero-order valence-electron chi connectivity index (χ0n) is 12.7. The summed E-state index contributed by atoms with van der Waals surface area (Å²) in [6.07, 6.45) is 3.09. The molecule has 1 aromatic carbocycles. The molecule has 1 fully saturated rings. The summed E-state index contributed by atoms with van der Waals surface area (Å²) in [6, 6.07) is 8.44. The number of sulfonamides is 1. The lowest BCUT2D eigenvalue weighted by Crippen LogP contribution is -2.28. The van der Waals surface area contributed by atoms with Gasteiger partial charge < -0.3 is 5.32 Å². The van der Waals surface area contributed by atoms with Crippen LogP contribution >= 0.6 is 0 Å². The molecule has 2 aromatic rings. The Morgan fingerprint density at radius 1 is 1.25 bits per heavy atom. The zero-order chi connectivity index (χ0) is 17.2. The van der Waals surface area contributed by atoms with Crippen LogP contribution in [0.2, 0.25) is 0 Å². The van der Waals surface area contributed by atoms with Gasteiger partial charge in [0.2, 0.25) is 10.0 Å². The predicted octanol–water partition coefficient (Wildman–Crippen LogP) is 1.59. The number of hydrogen-bond donors (Lipinski definition) is 2. The first-order chi connectivity index (χ1) is 11.5. The van der Waals surface area contributed by atoms with E-state index in [4.69, 9.17) is 0 Å². The summed E-state index contributed by atoms with van der Waals surface area (Å²) in [5.41, 5.74) is 0.736. The van der Waals surface area contributed by atoms with Crippen LogP contribution in [0.25, 0.3) is 0 Å². The Bertz CT molecular complexity index is 852. The van der Waals surface area contributed by atoms with Gasteiger partial charge in [0.05, 0.1) is 12.2 Å². The Morgan fingerprint density at radius 3 is 2.71 bits per heavy atom. The number of hydrogen-bond acceptors (Lipinski definition) is 4. The molecule has 0 spiro atoms. The number of carbonyl (C=O) groups excluding carboxylic acids is 1. The second-order valence-corrected chi connectivity index (χ2v) is 7.23. The van der Waals surface area contributed by atoms with Crippen LogP contribution in [0.3, 0.4) is 0 Å². The lowest BCUT2D eigenvalue weighted by molar-refractivity contribution is 0.0950. The first-order valence-corrected chi connectivity index (χ1v) is 8.94. The molecule has 3 rings (SSSR count). The van der Waals surface area contributed by atoms with Gasteiger partial charge in [0.1, 0.15) is 10.7 Å². The van der Waals surface area contributed by atoms with Crippen LogP contribution in [0.15, 0.2) is 47.5 Å². The molecule has 1 heterocycles. The van der Waals surface area contributed by atoms with Crippen LogP contribution in [-0.2, 0) is 16.6 Å². The molecule has 126 valence electrons. The Balaban J connectivity index is 1.76. The van der Waals surface area contributed by atoms with Crippen LogP contribution in [0.1, 0.15) is 28.9 Å². The van der Waals surface area contributed by atoms with E-state index in [9.17, 15) is 17.6 Å². The predicted molar refractivity (Wildman–Crippen MR) is 85.2 cm³/mol. The van der Waals surface area contributed by atoms with Crippen LogP contribution in [0.5, 0.6) is 0 Å². The Morgan fingerprint density at radius 2 is 2.04 bits per heavy atom. The normalized spacial score (nSPS) is 14.4. The van der Waals surface area contributed by atoms with Gasteiger partial charge in [-0.2, -0.15) is 0 Å². The summed E-state index contributed by atoms with van der Waals surface area (Å²) in [5, 5.41) is 2.63. The number of amides is 1. The molecule has 24 heavy (non-hydrogen) atoms. The lowest BCUT2D eigenvalue weighted by atomic mass is 10.2. The molecule has 0 radical (unpaired) electrons. The van der Waals surface area contributed by atoms with Crippen LogP contribution < -0.4 is 10.0 Å². The lowest BCUT2D eigenvalue weighted by Gasteiger charge is -2.09. The van der Waals surface area contributed by atoms with E-state index in [0.29, 0.717) is 5.69 Å². The highest BCUT2D eigenvalue weighted by atomic mass is 32.2. The molecule has 1 amide bonds. The van der Waals surface area contributed by atoms with Crippen LogP contribution in [0.4, 0.5) is 4.39 Å². The average molecular weight is 349 g/mol. The third-order valence-corrected chi connectivity index (χ3v) is 5.07. The minimum absolute atomic E-state index is 0.0727. The van der Waals surface area contributed by atoms with Crippen molar-refractivity contribution in [1.82, 2.24) is 15.0 Å². The van der Waals surface area contributed by atoms with Crippen molar-refractivity contribution >= 4 is 15.9 Å². The smallest absolute Gasteiger partial charge is 0.251 e. The van der Waals surface area contributed by atoms with Gasteiger partial charge >= 0.3 is 0 Å². The van der Waals surface area contributed by atoms with Gasteiger partial charge in [-0.3, -0.25) is 9.78 Å². The molecule has 0 unspecified atom stereocenters. The molecule has 1 aliphatic carbocycles. The molecule has 0 atom stereocenters. The highest BCUT2D eigenvalue weighted by Gasteiger charge is 2.30. The molecule has 0 aliphatic heterocycles. The maximum Gasteiger partial charge on any atom is 0.251 e. The Kier molecular flexibility index (Phi) is 4.59. The first-order valence-electron chi connectivity index (χ1n) is 7.46. The summed E-state index contributed by atoms with van der Waals surface area (Å²) in [7, 11) is -3.97. The molecule has 1 saturated carbocycles. The van der Waals surface area contributed by atoms with Crippen LogP contribution in [0, 0.1) is 5.82 Å². The van der Waals surface area contributed by atoms with Crippen molar-refractivity contribution in [3.05, 3.63) is 59.7 Å². The second-order valence-electron chi connectivity index (χ2n) is 5.54. The van der Waals surface area contributed by atoms with Gasteiger partial charge in [-0.25, -0.2) is 17.5 Å². The Labute approximate surface area is 139 Å². The highest BCUT2D eigenvalue weighted by molar-refractivity contribution is 7.89. The number of pyridine rings is 1. The van der Waals surface area contributed by atoms with Crippen molar-refractivity contribution in [2.24, 2.45) is 0 Å². The van der Waals surface area contributed by atoms with Crippen molar-refractivity contribution in [3.63, 3.8) is 0 Å². The summed E-state index contributed by atoms with van der Waals surface area (Å²) in [6.45, 7) is 0.194. The van der Waals surface area contributed by atoms with E-state index in [2.05, 4.69) is 15.0 Å². The SMILES string of the molecule is O=C(NCc1ccccn1)c1ccc(F)c(S(=O)(=O)NC2CC2)c1. The monoisotopic (exact) mass is 349 g/mol. The minimum Gasteiger partial charge on any atom is -0.346 e. The van der Waals surface area contributed by atoms with E-state index in [-0.39, 0.29) is 18.2 Å². The number of rotatable bonds is 6. The van der Waals surface area contributed by atoms with E-state index in [1.807, 2.05) is 0 Å². The highest BCUT2D eigenvalue weighted by Crippen LogP contribution is 2.24. The Hall–Kier alpha value is -2.32. The summed E-state index contributed by atoms with van der Waals surface area (Å²) < 4.78 is 40.6. The molecular formula is C16H16FN3O3S. The minimum atomic E-state index is -3.97. The molecule has 6 nitrogen and oxygen atoms in total. The third-order valence-electron chi connectivity index (χ3n) is 3.54. The fraction of sp³-hybridized carbons (Fsp3) is 0.250. The topological polar surface area (TPSA) is 88.2 Å². The summed E-state index contributed by atoms with van der Waals surface area (Å²) in [5.74, 6) is -1.38. The van der Waals surface area contributed by atoms with Gasteiger partial charge in [0.15, 0.2) is 0 Å². The van der Waals surface area contributed by atoms with Gasteiger partial charge in [-0.05, 0) is 43.2 Å². The van der Waals surface area contributed by atoms with E-state index in [1.165, 1.54) is 6.07 Å². The second kappa shape index (κ2) is 6.66. The quantitative estimate of drug-likeness (QED) is 0.829. The first kappa shape index (κ1) is 16.5. The summed E-state index contributed by atoms with van der Waals surface area (Å²) >= 11 is 0. The largest absolute Gasteiger partial charge is 0.346 e. The van der Waals surface area contributed by atoms with Crippen molar-refractivity contribution in [3.8, 4) is 0 Å². The standard InChI is InChI=1S/C16H16FN3O3S/c17-14-7-4-11(9-15(14)24(22,23)20-12-5-6-12)16(21)19-10-13-3-1-2-8-18-13/h1-4,7-9,12,20H,5-6,10H2,(H,19,21). The zero-order valence-corrected chi connectivity index (χ0v) is 13.5. The van der Waals surface area contributed by atoms with E-state index in [0.717, 1.165) is 25.0 Å². The van der Waals surface area contributed by atoms with Crippen molar-refractivity contribution in [1.29, 1.82) is 0 Å². The van der Waals surface area contributed by atoms with Gasteiger partial charge in [-0.1, -0.05) is 6.07 Å².